The summed E-state index contributed by atoms with van der Waals surface area (Å²) in [6.07, 6.45) is 2.69. The van der Waals surface area contributed by atoms with Crippen molar-refractivity contribution in [1.29, 1.82) is 0 Å². The van der Waals surface area contributed by atoms with Gasteiger partial charge in [0.15, 0.2) is 5.13 Å². The number of rotatable bonds is 3. The van der Waals surface area contributed by atoms with Gasteiger partial charge in [-0.3, -0.25) is 0 Å². The van der Waals surface area contributed by atoms with Crippen LogP contribution in [0.5, 0.6) is 0 Å². The Morgan fingerprint density at radius 2 is 2.00 bits per heavy atom. The number of carbonyl (C=O) groups excluding carboxylic acids is 1. The summed E-state index contributed by atoms with van der Waals surface area (Å²) in [5.41, 5.74) is 0. The van der Waals surface area contributed by atoms with Gasteiger partial charge in [0.1, 0.15) is 4.88 Å². The number of ether oxygens (including phenoxy) is 1. The summed E-state index contributed by atoms with van der Waals surface area (Å²) in [7, 11) is -1.80. The van der Waals surface area contributed by atoms with Gasteiger partial charge in [0, 0.05) is 26.2 Å². The van der Waals surface area contributed by atoms with Crippen LogP contribution in [0.4, 0.5) is 5.13 Å². The molecule has 0 spiro atoms. The molecule has 1 aliphatic heterocycles. The van der Waals surface area contributed by atoms with Crippen LogP contribution in [0.1, 0.15) is 9.67 Å². The average molecular weight is 305 g/mol. The van der Waals surface area contributed by atoms with Crippen molar-refractivity contribution in [3.8, 4) is 0 Å². The Kier molecular flexibility index (Phi) is 4.07. The monoisotopic (exact) mass is 305 g/mol. The Bertz CT molecular complexity index is 561. The van der Waals surface area contributed by atoms with Crippen LogP contribution in [0, 0.1) is 0 Å². The van der Waals surface area contributed by atoms with Crippen molar-refractivity contribution in [2.24, 2.45) is 0 Å². The first kappa shape index (κ1) is 14.2. The van der Waals surface area contributed by atoms with Gasteiger partial charge in [0.25, 0.3) is 0 Å². The van der Waals surface area contributed by atoms with Crippen LogP contribution in [0.3, 0.4) is 0 Å². The van der Waals surface area contributed by atoms with Crippen LogP contribution in [0.25, 0.3) is 0 Å². The number of anilines is 1. The number of esters is 1. The van der Waals surface area contributed by atoms with Gasteiger partial charge in [-0.15, -0.1) is 0 Å². The molecule has 0 aromatic carbocycles. The standard InChI is InChI=1S/C10H15N3O4S2/c1-17-9(14)8-7-11-10(18-8)12-3-5-13(6-4-12)19(2,15)16/h7H,3-6H2,1-2H3. The summed E-state index contributed by atoms with van der Waals surface area (Å²) < 4.78 is 28.9. The number of hydrogen-bond donors (Lipinski definition) is 0. The molecule has 9 heteroatoms. The lowest BCUT2D eigenvalue weighted by Gasteiger charge is -2.32. The zero-order chi connectivity index (χ0) is 14.0. The van der Waals surface area contributed by atoms with E-state index in [-0.39, 0.29) is 0 Å². The zero-order valence-corrected chi connectivity index (χ0v) is 12.3. The summed E-state index contributed by atoms with van der Waals surface area (Å²) in [5, 5.41) is 0.716. The van der Waals surface area contributed by atoms with Crippen LogP contribution >= 0.6 is 11.3 Å². The molecule has 0 N–H and O–H groups in total. The van der Waals surface area contributed by atoms with E-state index in [9.17, 15) is 13.2 Å². The minimum Gasteiger partial charge on any atom is -0.465 e. The van der Waals surface area contributed by atoms with E-state index >= 15 is 0 Å². The van der Waals surface area contributed by atoms with Crippen LogP contribution in [-0.2, 0) is 14.8 Å². The van der Waals surface area contributed by atoms with E-state index in [1.54, 1.807) is 0 Å². The lowest BCUT2D eigenvalue weighted by atomic mass is 10.4. The van der Waals surface area contributed by atoms with E-state index in [0.29, 0.717) is 36.2 Å². The second-order valence-electron chi connectivity index (χ2n) is 4.15. The maximum Gasteiger partial charge on any atom is 0.349 e. The highest BCUT2D eigenvalue weighted by molar-refractivity contribution is 7.88. The predicted octanol–water partition coefficient (Wildman–Crippen LogP) is 0.0113. The molecule has 1 aromatic rings. The van der Waals surface area contributed by atoms with E-state index in [0.717, 1.165) is 0 Å². The number of hydrogen-bond acceptors (Lipinski definition) is 7. The van der Waals surface area contributed by atoms with E-state index in [1.807, 2.05) is 4.90 Å². The quantitative estimate of drug-likeness (QED) is 0.732. The van der Waals surface area contributed by atoms with Crippen LogP contribution in [0.15, 0.2) is 6.20 Å². The Morgan fingerprint density at radius 3 is 2.53 bits per heavy atom. The van der Waals surface area contributed by atoms with Crippen LogP contribution in [-0.4, -0.2) is 63.2 Å². The van der Waals surface area contributed by atoms with Crippen molar-refractivity contribution in [3.05, 3.63) is 11.1 Å². The number of piperazine rings is 1. The summed E-state index contributed by atoms with van der Waals surface area (Å²) in [4.78, 5) is 17.9. The molecule has 0 aliphatic carbocycles. The van der Waals surface area contributed by atoms with Crippen molar-refractivity contribution >= 4 is 32.5 Å². The molecule has 0 unspecified atom stereocenters. The fourth-order valence-electron chi connectivity index (χ4n) is 1.82. The third-order valence-corrected chi connectivity index (χ3v) is 5.20. The number of carbonyl (C=O) groups is 1. The highest BCUT2D eigenvalue weighted by Crippen LogP contribution is 2.24. The maximum atomic E-state index is 11.4. The van der Waals surface area contributed by atoms with Gasteiger partial charge in [-0.1, -0.05) is 11.3 Å². The van der Waals surface area contributed by atoms with Crippen molar-refractivity contribution in [2.75, 3.05) is 44.4 Å². The SMILES string of the molecule is COC(=O)c1cnc(N2CCN(S(C)(=O)=O)CC2)s1. The molecule has 2 rings (SSSR count). The van der Waals surface area contributed by atoms with Crippen molar-refractivity contribution in [2.45, 2.75) is 0 Å². The lowest BCUT2D eigenvalue weighted by Crippen LogP contribution is -2.48. The topological polar surface area (TPSA) is 79.8 Å². The molecule has 106 valence electrons. The van der Waals surface area contributed by atoms with E-state index in [1.165, 1.54) is 35.2 Å². The highest BCUT2D eigenvalue weighted by atomic mass is 32.2. The molecular weight excluding hydrogens is 290 g/mol. The molecular formula is C10H15N3O4S2. The third kappa shape index (κ3) is 3.23. The molecule has 0 bridgehead atoms. The predicted molar refractivity (Wildman–Crippen MR) is 72.1 cm³/mol. The number of aromatic nitrogens is 1. The zero-order valence-electron chi connectivity index (χ0n) is 10.7. The molecule has 0 amide bonds. The van der Waals surface area contributed by atoms with Crippen LogP contribution in [0.2, 0.25) is 0 Å². The molecule has 0 atom stereocenters. The van der Waals surface area contributed by atoms with Gasteiger partial charge in [0.2, 0.25) is 10.0 Å². The molecule has 0 radical (unpaired) electrons. The fraction of sp³-hybridized carbons (Fsp3) is 0.600. The number of thiazole rings is 1. The smallest absolute Gasteiger partial charge is 0.349 e. The van der Waals surface area contributed by atoms with Crippen molar-refractivity contribution in [1.82, 2.24) is 9.29 Å². The minimum absolute atomic E-state index is 0.404. The van der Waals surface area contributed by atoms with Gasteiger partial charge >= 0.3 is 5.97 Å². The summed E-state index contributed by atoms with van der Waals surface area (Å²) in [6.45, 7) is 2.01. The highest BCUT2D eigenvalue weighted by Gasteiger charge is 2.25. The Labute approximate surface area is 115 Å². The van der Waals surface area contributed by atoms with Gasteiger partial charge < -0.3 is 9.64 Å². The van der Waals surface area contributed by atoms with E-state index in [4.69, 9.17) is 0 Å². The number of sulfonamides is 1. The van der Waals surface area contributed by atoms with Gasteiger partial charge in [0.05, 0.1) is 19.6 Å². The first-order valence-electron chi connectivity index (χ1n) is 5.66. The van der Waals surface area contributed by atoms with E-state index in [2.05, 4.69) is 9.72 Å². The normalized spacial score (nSPS) is 17.5. The largest absolute Gasteiger partial charge is 0.465 e. The first-order valence-corrected chi connectivity index (χ1v) is 8.32. The average Bonchev–Trinajstić information content (AvgIpc) is 2.86. The fourth-order valence-corrected chi connectivity index (χ4v) is 3.53. The molecule has 1 aromatic heterocycles. The number of nitrogens with zero attached hydrogens (tertiary/aromatic N) is 3. The summed E-state index contributed by atoms with van der Waals surface area (Å²) >= 11 is 1.25. The molecule has 1 fully saturated rings. The second-order valence-corrected chi connectivity index (χ2v) is 7.14. The first-order chi connectivity index (χ1) is 8.91. The lowest BCUT2D eigenvalue weighted by molar-refractivity contribution is 0.0606. The molecule has 0 saturated carbocycles. The Hall–Kier alpha value is -1.19. The molecule has 1 aliphatic rings. The van der Waals surface area contributed by atoms with Gasteiger partial charge in [-0.25, -0.2) is 18.2 Å². The molecule has 1 saturated heterocycles. The summed E-state index contributed by atoms with van der Waals surface area (Å²) in [6, 6.07) is 0. The molecule has 19 heavy (non-hydrogen) atoms. The number of methoxy groups -OCH3 is 1. The van der Waals surface area contributed by atoms with Crippen LogP contribution < -0.4 is 4.90 Å². The third-order valence-electron chi connectivity index (χ3n) is 2.86. The maximum absolute atomic E-state index is 11.4. The minimum atomic E-state index is -3.13. The molecule has 2 heterocycles. The Morgan fingerprint density at radius 1 is 1.37 bits per heavy atom. The van der Waals surface area contributed by atoms with Gasteiger partial charge in [-0.05, 0) is 0 Å². The van der Waals surface area contributed by atoms with Crippen molar-refractivity contribution < 1.29 is 17.9 Å². The Balaban J connectivity index is 2.02. The summed E-state index contributed by atoms with van der Waals surface area (Å²) in [5.74, 6) is -0.404. The van der Waals surface area contributed by atoms with Crippen molar-refractivity contribution in [3.63, 3.8) is 0 Å². The van der Waals surface area contributed by atoms with Gasteiger partial charge in [-0.2, -0.15) is 4.31 Å². The molecule has 7 nitrogen and oxygen atoms in total. The van der Waals surface area contributed by atoms with E-state index < -0.39 is 16.0 Å². The second kappa shape index (κ2) is 5.43.